The van der Waals surface area contributed by atoms with Crippen LogP contribution in [0.1, 0.15) is 0 Å². The lowest BCUT2D eigenvalue weighted by atomic mass is 10.3. The van der Waals surface area contributed by atoms with Gasteiger partial charge in [-0.1, -0.05) is 0 Å². The van der Waals surface area contributed by atoms with Gasteiger partial charge < -0.3 is 20.5 Å². The molecule has 1 rings (SSSR count). The van der Waals surface area contributed by atoms with Gasteiger partial charge in [0.1, 0.15) is 6.54 Å². The Kier molecular flexibility index (Phi) is 4.85. The highest BCUT2D eigenvalue weighted by Gasteiger charge is 2.27. The Hall–Kier alpha value is -2.12. The Morgan fingerprint density at radius 2 is 2.05 bits per heavy atom. The largest absolute Gasteiger partial charge is 0.493 e. The van der Waals surface area contributed by atoms with Crippen molar-refractivity contribution in [3.05, 3.63) is 18.2 Å². The summed E-state index contributed by atoms with van der Waals surface area (Å²) in [6, 6.07) is 4.46. The summed E-state index contributed by atoms with van der Waals surface area (Å²) in [5.41, 5.74) is 5.95. The predicted molar refractivity (Wildman–Crippen MR) is 62.0 cm³/mol. The molecule has 0 saturated heterocycles. The summed E-state index contributed by atoms with van der Waals surface area (Å²) in [6.07, 6.45) is -4.45. The second kappa shape index (κ2) is 6.17. The number of hydrogen-bond acceptors (Lipinski definition) is 4. The third kappa shape index (κ3) is 5.36. The second-order valence-electron chi connectivity index (χ2n) is 3.59. The fourth-order valence-electron chi connectivity index (χ4n) is 1.20. The Morgan fingerprint density at radius 3 is 2.63 bits per heavy atom. The molecule has 8 heteroatoms. The van der Waals surface area contributed by atoms with Crippen LogP contribution in [0.5, 0.6) is 11.5 Å². The van der Waals surface area contributed by atoms with Crippen LogP contribution in [-0.2, 0) is 4.79 Å². The Labute approximate surface area is 107 Å². The molecule has 0 saturated carbocycles. The van der Waals surface area contributed by atoms with Gasteiger partial charge in [-0.15, -0.1) is 0 Å². The maximum absolute atomic E-state index is 11.9. The van der Waals surface area contributed by atoms with E-state index in [9.17, 15) is 18.0 Å². The van der Waals surface area contributed by atoms with Crippen LogP contribution >= 0.6 is 0 Å². The van der Waals surface area contributed by atoms with Gasteiger partial charge in [0.25, 0.3) is 5.91 Å². The highest BCUT2D eigenvalue weighted by Crippen LogP contribution is 2.28. The molecule has 0 unspecified atom stereocenters. The summed E-state index contributed by atoms with van der Waals surface area (Å²) in [4.78, 5) is 11.1. The quantitative estimate of drug-likeness (QED) is 0.797. The van der Waals surface area contributed by atoms with Gasteiger partial charge in [0, 0.05) is 11.8 Å². The van der Waals surface area contributed by atoms with E-state index in [1.807, 2.05) is 0 Å². The molecule has 0 aliphatic rings. The number of benzene rings is 1. The highest BCUT2D eigenvalue weighted by molar-refractivity contribution is 5.77. The molecule has 19 heavy (non-hydrogen) atoms. The van der Waals surface area contributed by atoms with Crippen LogP contribution in [0.3, 0.4) is 0 Å². The molecule has 0 fully saturated rings. The van der Waals surface area contributed by atoms with E-state index >= 15 is 0 Å². The van der Waals surface area contributed by atoms with E-state index in [0.29, 0.717) is 11.4 Å². The number of nitrogens with two attached hydrogens (primary N) is 1. The first kappa shape index (κ1) is 14.9. The number of amides is 1. The number of alkyl halides is 3. The summed E-state index contributed by atoms with van der Waals surface area (Å²) in [6.45, 7) is -1.94. The number of ether oxygens (including phenoxy) is 2. The van der Waals surface area contributed by atoms with Gasteiger partial charge in [0.15, 0.2) is 18.1 Å². The molecule has 106 valence electrons. The van der Waals surface area contributed by atoms with Gasteiger partial charge in [-0.25, -0.2) is 0 Å². The smallest absolute Gasteiger partial charge is 0.405 e. The monoisotopic (exact) mass is 278 g/mol. The third-order valence-corrected chi connectivity index (χ3v) is 2.03. The molecule has 0 spiro atoms. The molecule has 0 atom stereocenters. The molecule has 1 aromatic carbocycles. The van der Waals surface area contributed by atoms with Crippen molar-refractivity contribution >= 4 is 11.6 Å². The zero-order valence-corrected chi connectivity index (χ0v) is 10.1. The molecule has 0 heterocycles. The van der Waals surface area contributed by atoms with E-state index in [2.05, 4.69) is 0 Å². The van der Waals surface area contributed by atoms with Gasteiger partial charge in [0.2, 0.25) is 0 Å². The van der Waals surface area contributed by atoms with Crippen molar-refractivity contribution in [2.45, 2.75) is 6.18 Å². The zero-order valence-electron chi connectivity index (χ0n) is 10.1. The van der Waals surface area contributed by atoms with Gasteiger partial charge >= 0.3 is 6.18 Å². The van der Waals surface area contributed by atoms with Crippen LogP contribution in [0.25, 0.3) is 0 Å². The number of anilines is 1. The first-order chi connectivity index (χ1) is 8.81. The van der Waals surface area contributed by atoms with Crippen molar-refractivity contribution < 1.29 is 27.4 Å². The zero-order chi connectivity index (χ0) is 14.5. The lowest BCUT2D eigenvalue weighted by molar-refractivity contribution is -0.139. The molecule has 3 N–H and O–H groups in total. The lowest BCUT2D eigenvalue weighted by Crippen LogP contribution is -2.36. The lowest BCUT2D eigenvalue weighted by Gasteiger charge is -2.12. The number of rotatable bonds is 5. The Balaban J connectivity index is 2.50. The summed E-state index contributed by atoms with van der Waals surface area (Å²) in [5.74, 6) is -0.362. The average Bonchev–Trinajstić information content (AvgIpc) is 2.33. The van der Waals surface area contributed by atoms with Crippen molar-refractivity contribution in [2.24, 2.45) is 0 Å². The number of hydrogen-bond donors (Lipinski definition) is 2. The fraction of sp³-hybridized carbons (Fsp3) is 0.364. The SMILES string of the molecule is COc1cc(N)ccc1OCC(=O)NCC(F)(F)F. The van der Waals surface area contributed by atoms with Crippen molar-refractivity contribution in [3.63, 3.8) is 0 Å². The fourth-order valence-corrected chi connectivity index (χ4v) is 1.20. The van der Waals surface area contributed by atoms with E-state index in [4.69, 9.17) is 15.2 Å². The standard InChI is InChI=1S/C11H13F3N2O3/c1-18-9-4-7(15)2-3-8(9)19-5-10(17)16-6-11(12,13)14/h2-4H,5-6,15H2,1H3,(H,16,17). The van der Waals surface area contributed by atoms with E-state index in [1.54, 1.807) is 5.32 Å². The van der Waals surface area contributed by atoms with Crippen LogP contribution in [0.15, 0.2) is 18.2 Å². The number of carbonyl (C=O) groups is 1. The summed E-state index contributed by atoms with van der Waals surface area (Å²) >= 11 is 0. The van der Waals surface area contributed by atoms with Crippen LogP contribution in [0, 0.1) is 0 Å². The van der Waals surface area contributed by atoms with Gasteiger partial charge in [-0.2, -0.15) is 13.2 Å². The molecular weight excluding hydrogens is 265 g/mol. The van der Waals surface area contributed by atoms with Gasteiger partial charge in [-0.3, -0.25) is 4.79 Å². The minimum absolute atomic E-state index is 0.221. The molecule has 0 aliphatic heterocycles. The van der Waals surface area contributed by atoms with Crippen molar-refractivity contribution in [1.29, 1.82) is 0 Å². The molecule has 5 nitrogen and oxygen atoms in total. The highest BCUT2D eigenvalue weighted by atomic mass is 19.4. The topological polar surface area (TPSA) is 73.6 Å². The van der Waals surface area contributed by atoms with Crippen LogP contribution < -0.4 is 20.5 Å². The number of halogens is 3. The summed E-state index contributed by atoms with van der Waals surface area (Å²) in [7, 11) is 1.38. The predicted octanol–water partition coefficient (Wildman–Crippen LogP) is 1.33. The average molecular weight is 278 g/mol. The summed E-state index contributed by atoms with van der Waals surface area (Å²) in [5, 5.41) is 1.69. The molecule has 1 aromatic rings. The minimum atomic E-state index is -4.45. The first-order valence-corrected chi connectivity index (χ1v) is 5.21. The maximum Gasteiger partial charge on any atom is 0.405 e. The number of nitrogen functional groups attached to an aromatic ring is 1. The van der Waals surface area contributed by atoms with E-state index in [1.165, 1.54) is 25.3 Å². The molecule has 0 aliphatic carbocycles. The Bertz CT molecular complexity index is 449. The normalized spacial score (nSPS) is 10.9. The minimum Gasteiger partial charge on any atom is -0.493 e. The van der Waals surface area contributed by atoms with Crippen molar-refractivity contribution in [1.82, 2.24) is 5.32 Å². The molecule has 1 amide bonds. The Morgan fingerprint density at radius 1 is 1.37 bits per heavy atom. The summed E-state index contributed by atoms with van der Waals surface area (Å²) < 4.78 is 45.6. The molecule has 0 aromatic heterocycles. The molecular formula is C11H13F3N2O3. The maximum atomic E-state index is 11.9. The molecule has 0 bridgehead atoms. The number of methoxy groups -OCH3 is 1. The van der Waals surface area contributed by atoms with Gasteiger partial charge in [-0.05, 0) is 12.1 Å². The van der Waals surface area contributed by atoms with Crippen molar-refractivity contribution in [3.8, 4) is 11.5 Å². The van der Waals surface area contributed by atoms with Crippen LogP contribution in [0.2, 0.25) is 0 Å². The first-order valence-electron chi connectivity index (χ1n) is 5.21. The number of nitrogens with one attached hydrogen (secondary N) is 1. The van der Waals surface area contributed by atoms with E-state index in [0.717, 1.165) is 0 Å². The second-order valence-corrected chi connectivity index (χ2v) is 3.59. The van der Waals surface area contributed by atoms with Gasteiger partial charge in [0.05, 0.1) is 7.11 Å². The molecule has 0 radical (unpaired) electrons. The van der Waals surface area contributed by atoms with Crippen LogP contribution in [-0.4, -0.2) is 32.3 Å². The van der Waals surface area contributed by atoms with E-state index < -0.39 is 25.2 Å². The number of carbonyl (C=O) groups excluding carboxylic acids is 1. The van der Waals surface area contributed by atoms with Crippen molar-refractivity contribution in [2.75, 3.05) is 26.0 Å². The van der Waals surface area contributed by atoms with E-state index in [-0.39, 0.29) is 5.75 Å². The van der Waals surface area contributed by atoms with Crippen LogP contribution in [0.4, 0.5) is 18.9 Å². The third-order valence-electron chi connectivity index (χ3n) is 2.03.